The number of hydrogen-bond acceptors (Lipinski definition) is 5. The second-order valence-electron chi connectivity index (χ2n) is 6.15. The lowest BCUT2D eigenvalue weighted by atomic mass is 10.1. The van der Waals surface area contributed by atoms with Crippen LogP contribution in [0.3, 0.4) is 0 Å². The maximum Gasteiger partial charge on any atom is 0.306 e. The molecular weight excluding hydrogens is 372 g/mol. The van der Waals surface area contributed by atoms with Crippen molar-refractivity contribution in [1.82, 2.24) is 0 Å². The quantitative estimate of drug-likeness (QED) is 0.570. The molecule has 1 aromatic heterocycles. The van der Waals surface area contributed by atoms with Gasteiger partial charge in [0.1, 0.15) is 5.76 Å². The third kappa shape index (κ3) is 6.07. The van der Waals surface area contributed by atoms with E-state index in [0.29, 0.717) is 29.1 Å². The van der Waals surface area contributed by atoms with Gasteiger partial charge in [-0.2, -0.15) is 0 Å². The van der Waals surface area contributed by atoms with Crippen molar-refractivity contribution in [1.29, 1.82) is 0 Å². The van der Waals surface area contributed by atoms with Gasteiger partial charge in [-0.25, -0.2) is 0 Å². The normalized spacial score (nSPS) is 10.2. The SMILES string of the molecule is O=C(COC(=O)CCc1ccco1)Nc1ccccc1C(=O)Nc1ccccc1. The fraction of sp³-hybridized carbons (Fsp3) is 0.136. The van der Waals surface area contributed by atoms with Gasteiger partial charge in [0.15, 0.2) is 6.61 Å². The van der Waals surface area contributed by atoms with E-state index in [1.54, 1.807) is 48.5 Å². The van der Waals surface area contributed by atoms with Crippen LogP contribution in [0.4, 0.5) is 11.4 Å². The minimum atomic E-state index is -0.531. The first-order chi connectivity index (χ1) is 14.1. The van der Waals surface area contributed by atoms with Crippen molar-refractivity contribution in [3.8, 4) is 0 Å². The van der Waals surface area contributed by atoms with Crippen molar-refractivity contribution in [2.45, 2.75) is 12.8 Å². The largest absolute Gasteiger partial charge is 0.469 e. The number of benzene rings is 2. The van der Waals surface area contributed by atoms with Gasteiger partial charge < -0.3 is 19.8 Å². The number of aryl methyl sites for hydroxylation is 1. The zero-order chi connectivity index (χ0) is 20.5. The number of rotatable bonds is 8. The molecule has 0 bridgehead atoms. The van der Waals surface area contributed by atoms with Gasteiger partial charge in [-0.3, -0.25) is 14.4 Å². The highest BCUT2D eigenvalue weighted by atomic mass is 16.5. The van der Waals surface area contributed by atoms with Gasteiger partial charge in [-0.15, -0.1) is 0 Å². The number of hydrogen-bond donors (Lipinski definition) is 2. The van der Waals surface area contributed by atoms with Crippen LogP contribution in [0.5, 0.6) is 0 Å². The minimum absolute atomic E-state index is 0.108. The predicted molar refractivity (Wildman–Crippen MR) is 107 cm³/mol. The van der Waals surface area contributed by atoms with E-state index in [9.17, 15) is 14.4 Å². The summed E-state index contributed by atoms with van der Waals surface area (Å²) < 4.78 is 10.1. The summed E-state index contributed by atoms with van der Waals surface area (Å²) in [5, 5.41) is 5.37. The lowest BCUT2D eigenvalue weighted by Gasteiger charge is -2.11. The second-order valence-corrected chi connectivity index (χ2v) is 6.15. The number of amides is 2. The number of esters is 1. The maximum atomic E-state index is 12.5. The average Bonchev–Trinajstić information content (AvgIpc) is 3.25. The Kier molecular flexibility index (Phi) is 6.78. The molecule has 0 atom stereocenters. The molecule has 0 saturated carbocycles. The topological polar surface area (TPSA) is 97.6 Å². The first-order valence-corrected chi connectivity index (χ1v) is 9.05. The Hall–Kier alpha value is -3.87. The van der Waals surface area contributed by atoms with Crippen LogP contribution in [0.1, 0.15) is 22.5 Å². The van der Waals surface area contributed by atoms with Crippen molar-refractivity contribution in [2.75, 3.05) is 17.2 Å². The van der Waals surface area contributed by atoms with E-state index in [4.69, 9.17) is 9.15 Å². The molecule has 2 N–H and O–H groups in total. The molecule has 3 aromatic rings. The standard InChI is InChI=1S/C22H20N2O5/c25-20(15-29-21(26)13-12-17-9-6-14-28-17)24-19-11-5-4-10-18(19)22(27)23-16-7-2-1-3-8-16/h1-11,14H,12-13,15H2,(H,23,27)(H,24,25). The molecule has 2 aromatic carbocycles. The van der Waals surface area contributed by atoms with E-state index in [1.807, 2.05) is 18.2 Å². The summed E-state index contributed by atoms with van der Waals surface area (Å²) in [5.41, 5.74) is 1.27. The van der Waals surface area contributed by atoms with Crippen molar-refractivity contribution in [3.63, 3.8) is 0 Å². The molecule has 148 valence electrons. The lowest BCUT2D eigenvalue weighted by molar-refractivity contribution is -0.147. The molecule has 0 saturated heterocycles. The average molecular weight is 392 g/mol. The van der Waals surface area contributed by atoms with E-state index in [1.165, 1.54) is 6.26 Å². The van der Waals surface area contributed by atoms with Crippen LogP contribution in [0, 0.1) is 0 Å². The summed E-state index contributed by atoms with van der Waals surface area (Å²) in [4.78, 5) is 36.4. The summed E-state index contributed by atoms with van der Waals surface area (Å²) in [6, 6.07) is 19.1. The highest BCUT2D eigenvalue weighted by Gasteiger charge is 2.14. The molecule has 0 fully saturated rings. The van der Waals surface area contributed by atoms with E-state index in [0.717, 1.165) is 0 Å². The molecule has 0 aliphatic carbocycles. The van der Waals surface area contributed by atoms with E-state index >= 15 is 0 Å². The molecule has 0 spiro atoms. The predicted octanol–water partition coefficient (Wildman–Crippen LogP) is 3.65. The Labute approximate surface area is 167 Å². The molecule has 0 aliphatic heterocycles. The number of para-hydroxylation sites is 2. The van der Waals surface area contributed by atoms with Crippen LogP contribution in [0.25, 0.3) is 0 Å². The van der Waals surface area contributed by atoms with Gasteiger partial charge >= 0.3 is 5.97 Å². The molecule has 7 nitrogen and oxygen atoms in total. The van der Waals surface area contributed by atoms with Gasteiger partial charge in [0.25, 0.3) is 11.8 Å². The van der Waals surface area contributed by atoms with E-state index < -0.39 is 18.5 Å². The first kappa shape index (κ1) is 19.9. The van der Waals surface area contributed by atoms with Crippen LogP contribution in [0.2, 0.25) is 0 Å². The number of ether oxygens (including phenoxy) is 1. The van der Waals surface area contributed by atoms with Gasteiger partial charge in [0.2, 0.25) is 0 Å². The maximum absolute atomic E-state index is 12.5. The Balaban J connectivity index is 1.52. The molecule has 3 rings (SSSR count). The monoisotopic (exact) mass is 392 g/mol. The van der Waals surface area contributed by atoms with Crippen LogP contribution in [-0.4, -0.2) is 24.4 Å². The molecule has 7 heteroatoms. The zero-order valence-corrected chi connectivity index (χ0v) is 15.6. The number of nitrogens with one attached hydrogen (secondary N) is 2. The third-order valence-electron chi connectivity index (χ3n) is 4.00. The Morgan fingerprint density at radius 3 is 2.38 bits per heavy atom. The lowest BCUT2D eigenvalue weighted by Crippen LogP contribution is -2.23. The molecule has 2 amide bonds. The van der Waals surface area contributed by atoms with Crippen LogP contribution >= 0.6 is 0 Å². The first-order valence-electron chi connectivity index (χ1n) is 9.05. The van der Waals surface area contributed by atoms with E-state index in [-0.39, 0.29) is 12.3 Å². The summed E-state index contributed by atoms with van der Waals surface area (Å²) >= 11 is 0. The van der Waals surface area contributed by atoms with Crippen molar-refractivity contribution in [2.24, 2.45) is 0 Å². The fourth-order valence-corrected chi connectivity index (χ4v) is 2.59. The summed E-state index contributed by atoms with van der Waals surface area (Å²) in [7, 11) is 0. The number of carbonyl (C=O) groups is 3. The molecular formula is C22H20N2O5. The Bertz CT molecular complexity index is 968. The van der Waals surface area contributed by atoms with Gasteiger partial charge in [0.05, 0.1) is 23.9 Å². The van der Waals surface area contributed by atoms with Crippen molar-refractivity contribution < 1.29 is 23.5 Å². The number of anilines is 2. The van der Waals surface area contributed by atoms with Crippen LogP contribution < -0.4 is 10.6 Å². The second kappa shape index (κ2) is 9.89. The molecule has 1 heterocycles. The molecule has 29 heavy (non-hydrogen) atoms. The van der Waals surface area contributed by atoms with Crippen molar-refractivity contribution >= 4 is 29.2 Å². The third-order valence-corrected chi connectivity index (χ3v) is 4.00. The summed E-state index contributed by atoms with van der Waals surface area (Å²) in [6.07, 6.45) is 2.03. The number of carbonyl (C=O) groups excluding carboxylic acids is 3. The molecule has 0 radical (unpaired) electrons. The van der Waals surface area contributed by atoms with Gasteiger partial charge in [-0.1, -0.05) is 30.3 Å². The summed E-state index contributed by atoms with van der Waals surface area (Å²) in [6.45, 7) is -0.439. The minimum Gasteiger partial charge on any atom is -0.469 e. The summed E-state index contributed by atoms with van der Waals surface area (Å²) in [5.74, 6) is -0.727. The van der Waals surface area contributed by atoms with Crippen LogP contribution in [0.15, 0.2) is 77.4 Å². The zero-order valence-electron chi connectivity index (χ0n) is 15.6. The number of furan rings is 1. The Morgan fingerprint density at radius 1 is 0.862 bits per heavy atom. The highest BCUT2D eigenvalue weighted by molar-refractivity contribution is 6.10. The molecule has 0 unspecified atom stereocenters. The Morgan fingerprint density at radius 2 is 1.62 bits per heavy atom. The van der Waals surface area contributed by atoms with Gasteiger partial charge in [-0.05, 0) is 36.4 Å². The fourth-order valence-electron chi connectivity index (χ4n) is 2.59. The smallest absolute Gasteiger partial charge is 0.306 e. The highest BCUT2D eigenvalue weighted by Crippen LogP contribution is 2.17. The van der Waals surface area contributed by atoms with E-state index in [2.05, 4.69) is 10.6 Å². The van der Waals surface area contributed by atoms with Crippen LogP contribution in [-0.2, 0) is 20.7 Å². The van der Waals surface area contributed by atoms with Gasteiger partial charge in [0, 0.05) is 12.1 Å². The van der Waals surface area contributed by atoms with Crippen molar-refractivity contribution in [3.05, 3.63) is 84.3 Å². The molecule has 0 aliphatic rings.